The van der Waals surface area contributed by atoms with Crippen molar-refractivity contribution in [3.8, 4) is 11.5 Å². The van der Waals surface area contributed by atoms with Gasteiger partial charge >= 0.3 is 6.09 Å². The molecule has 0 saturated heterocycles. The number of phenolic OH excluding ortho intramolecular Hbond substituents is 1. The summed E-state index contributed by atoms with van der Waals surface area (Å²) in [6, 6.07) is 12.2. The molecule has 0 fully saturated rings. The Kier molecular flexibility index (Phi) is 6.66. The summed E-state index contributed by atoms with van der Waals surface area (Å²) in [5.74, 6) is 0.338. The number of halogens is 1. The van der Waals surface area contributed by atoms with Crippen LogP contribution in [-0.2, 0) is 4.74 Å². The monoisotopic (exact) mass is 375 g/mol. The van der Waals surface area contributed by atoms with Crippen molar-refractivity contribution in [3.05, 3.63) is 59.9 Å². The summed E-state index contributed by atoms with van der Waals surface area (Å²) in [5, 5.41) is 9.80. The van der Waals surface area contributed by atoms with Gasteiger partial charge in [0.1, 0.15) is 22.9 Å². The van der Waals surface area contributed by atoms with Gasteiger partial charge in [0.05, 0.1) is 12.6 Å². The van der Waals surface area contributed by atoms with Crippen LogP contribution in [0.1, 0.15) is 38.8 Å². The number of nitrogens with zero attached hydrogens (tertiary/aromatic N) is 1. The largest absolute Gasteiger partial charge is 0.508 e. The molecule has 27 heavy (non-hydrogen) atoms. The number of benzene rings is 2. The number of amides is 1. The van der Waals surface area contributed by atoms with Crippen LogP contribution in [0.3, 0.4) is 0 Å². The Morgan fingerprint density at radius 3 is 2.44 bits per heavy atom. The fourth-order valence-corrected chi connectivity index (χ4v) is 2.60. The smallest absolute Gasteiger partial charge is 0.410 e. The van der Waals surface area contributed by atoms with Gasteiger partial charge in [0.2, 0.25) is 0 Å². The molecule has 0 saturated carbocycles. The van der Waals surface area contributed by atoms with Crippen LogP contribution >= 0.6 is 0 Å². The Bertz CT molecular complexity index is 756. The lowest BCUT2D eigenvalue weighted by molar-refractivity contribution is 0.0201. The molecule has 0 aliphatic rings. The van der Waals surface area contributed by atoms with Gasteiger partial charge in [-0.05, 0) is 62.7 Å². The minimum Gasteiger partial charge on any atom is -0.508 e. The van der Waals surface area contributed by atoms with Gasteiger partial charge in [-0.3, -0.25) is 0 Å². The standard InChI is InChI=1S/C21H26FNO4/c1-21(2,3)27-20(25)23(4)19(15-6-5-7-17(24)14-15)12-13-26-18-10-8-16(22)9-11-18/h5-11,14,19,24H,12-13H2,1-4H3. The zero-order chi connectivity index (χ0) is 20.0. The lowest BCUT2D eigenvalue weighted by atomic mass is 10.0. The fourth-order valence-electron chi connectivity index (χ4n) is 2.60. The van der Waals surface area contributed by atoms with Crippen molar-refractivity contribution in [2.75, 3.05) is 13.7 Å². The van der Waals surface area contributed by atoms with Gasteiger partial charge in [-0.1, -0.05) is 12.1 Å². The van der Waals surface area contributed by atoms with Crippen LogP contribution in [0.4, 0.5) is 9.18 Å². The van der Waals surface area contributed by atoms with Crippen LogP contribution < -0.4 is 4.74 Å². The van der Waals surface area contributed by atoms with Gasteiger partial charge in [0.25, 0.3) is 0 Å². The van der Waals surface area contributed by atoms with E-state index in [1.165, 1.54) is 17.0 Å². The molecule has 0 radical (unpaired) electrons. The molecule has 2 rings (SSSR count). The Balaban J connectivity index is 2.11. The summed E-state index contributed by atoms with van der Waals surface area (Å²) in [7, 11) is 1.65. The molecule has 0 aliphatic heterocycles. The highest BCUT2D eigenvalue weighted by Crippen LogP contribution is 2.28. The van der Waals surface area contributed by atoms with E-state index in [9.17, 15) is 14.3 Å². The number of rotatable bonds is 6. The quantitative estimate of drug-likeness (QED) is 0.779. The van der Waals surface area contributed by atoms with Crippen molar-refractivity contribution in [2.45, 2.75) is 38.8 Å². The third kappa shape index (κ3) is 6.47. The van der Waals surface area contributed by atoms with Crippen LogP contribution in [0.15, 0.2) is 48.5 Å². The number of hydrogen-bond acceptors (Lipinski definition) is 4. The highest BCUT2D eigenvalue weighted by molar-refractivity contribution is 5.68. The van der Waals surface area contributed by atoms with Crippen molar-refractivity contribution >= 4 is 6.09 Å². The van der Waals surface area contributed by atoms with Crippen LogP contribution in [0.5, 0.6) is 11.5 Å². The number of aromatic hydroxyl groups is 1. The van der Waals surface area contributed by atoms with E-state index in [1.54, 1.807) is 58.2 Å². The van der Waals surface area contributed by atoms with Crippen molar-refractivity contribution in [3.63, 3.8) is 0 Å². The molecule has 2 aromatic rings. The first-order valence-corrected chi connectivity index (χ1v) is 8.79. The lowest BCUT2D eigenvalue weighted by Gasteiger charge is -2.31. The van der Waals surface area contributed by atoms with E-state index in [2.05, 4.69) is 0 Å². The van der Waals surface area contributed by atoms with Gasteiger partial charge in [-0.25, -0.2) is 9.18 Å². The van der Waals surface area contributed by atoms with E-state index in [-0.39, 0.29) is 17.6 Å². The number of carbonyl (C=O) groups is 1. The number of phenols is 1. The average molecular weight is 375 g/mol. The third-order valence-electron chi connectivity index (χ3n) is 3.88. The van der Waals surface area contributed by atoms with Gasteiger partial charge < -0.3 is 19.5 Å². The molecular weight excluding hydrogens is 349 g/mol. The maximum atomic E-state index is 13.0. The van der Waals surface area contributed by atoms with Crippen molar-refractivity contribution < 1.29 is 23.8 Å². The van der Waals surface area contributed by atoms with E-state index < -0.39 is 11.7 Å². The predicted octanol–water partition coefficient (Wildman–Crippen LogP) is 4.91. The first kappa shape index (κ1) is 20.6. The SMILES string of the molecule is CN(C(=O)OC(C)(C)C)C(CCOc1ccc(F)cc1)c1cccc(O)c1. The fraction of sp³-hybridized carbons (Fsp3) is 0.381. The Labute approximate surface area is 159 Å². The van der Waals surface area contributed by atoms with E-state index in [4.69, 9.17) is 9.47 Å². The van der Waals surface area contributed by atoms with E-state index in [1.807, 2.05) is 6.07 Å². The van der Waals surface area contributed by atoms with Crippen LogP contribution in [0, 0.1) is 5.82 Å². The number of carbonyl (C=O) groups excluding carboxylic acids is 1. The first-order valence-electron chi connectivity index (χ1n) is 8.79. The molecular formula is C21H26FNO4. The lowest BCUT2D eigenvalue weighted by Crippen LogP contribution is -2.37. The van der Waals surface area contributed by atoms with E-state index >= 15 is 0 Å². The van der Waals surface area contributed by atoms with Crippen molar-refractivity contribution in [1.82, 2.24) is 4.90 Å². The van der Waals surface area contributed by atoms with Crippen LogP contribution in [0.25, 0.3) is 0 Å². The highest BCUT2D eigenvalue weighted by Gasteiger charge is 2.26. The summed E-state index contributed by atoms with van der Waals surface area (Å²) >= 11 is 0. The molecule has 6 heteroatoms. The van der Waals surface area contributed by atoms with E-state index in [0.29, 0.717) is 18.8 Å². The minimum atomic E-state index is -0.612. The predicted molar refractivity (Wildman–Crippen MR) is 101 cm³/mol. The molecule has 1 amide bonds. The highest BCUT2D eigenvalue weighted by atomic mass is 19.1. The molecule has 1 unspecified atom stereocenters. The minimum absolute atomic E-state index is 0.120. The number of ether oxygens (including phenoxy) is 2. The topological polar surface area (TPSA) is 59.0 Å². The molecule has 0 spiro atoms. The maximum Gasteiger partial charge on any atom is 0.410 e. The first-order chi connectivity index (χ1) is 12.7. The van der Waals surface area contributed by atoms with Crippen LogP contribution in [0.2, 0.25) is 0 Å². The molecule has 0 bridgehead atoms. The molecule has 2 aromatic carbocycles. The second-order valence-corrected chi connectivity index (χ2v) is 7.29. The normalized spacial score (nSPS) is 12.3. The molecule has 0 aromatic heterocycles. The summed E-state index contributed by atoms with van der Waals surface area (Å²) in [6.45, 7) is 5.72. The van der Waals surface area contributed by atoms with Gasteiger partial charge in [0, 0.05) is 13.5 Å². The second kappa shape index (κ2) is 8.75. The Morgan fingerprint density at radius 2 is 1.85 bits per heavy atom. The van der Waals surface area contributed by atoms with Crippen LogP contribution in [-0.4, -0.2) is 35.4 Å². The zero-order valence-electron chi connectivity index (χ0n) is 16.1. The number of hydrogen-bond donors (Lipinski definition) is 1. The summed E-state index contributed by atoms with van der Waals surface area (Å²) in [4.78, 5) is 14.0. The van der Waals surface area contributed by atoms with E-state index in [0.717, 1.165) is 5.56 Å². The molecule has 1 N–H and O–H groups in total. The van der Waals surface area contributed by atoms with Gasteiger partial charge in [0.15, 0.2) is 0 Å². The second-order valence-electron chi connectivity index (χ2n) is 7.29. The Morgan fingerprint density at radius 1 is 1.19 bits per heavy atom. The molecule has 146 valence electrons. The Hall–Kier alpha value is -2.76. The summed E-state index contributed by atoms with van der Waals surface area (Å²) < 4.78 is 24.1. The van der Waals surface area contributed by atoms with Gasteiger partial charge in [-0.15, -0.1) is 0 Å². The molecule has 0 heterocycles. The summed E-state index contributed by atoms with van der Waals surface area (Å²) in [6.07, 6.45) is 0.00829. The van der Waals surface area contributed by atoms with Crippen molar-refractivity contribution in [2.24, 2.45) is 0 Å². The molecule has 5 nitrogen and oxygen atoms in total. The third-order valence-corrected chi connectivity index (χ3v) is 3.88. The molecule has 1 atom stereocenters. The molecule has 0 aliphatic carbocycles. The zero-order valence-corrected chi connectivity index (χ0v) is 16.1. The summed E-state index contributed by atoms with van der Waals surface area (Å²) in [5.41, 5.74) is 0.158. The van der Waals surface area contributed by atoms with Gasteiger partial charge in [-0.2, -0.15) is 0 Å². The average Bonchev–Trinajstić information content (AvgIpc) is 2.58. The van der Waals surface area contributed by atoms with Crippen molar-refractivity contribution in [1.29, 1.82) is 0 Å². The maximum absolute atomic E-state index is 13.0.